The largest absolute Gasteiger partial charge is 0.377 e. The van der Waals surface area contributed by atoms with Crippen LogP contribution in [0.25, 0.3) is 0 Å². The third kappa shape index (κ3) is 3.54. The van der Waals surface area contributed by atoms with E-state index in [1.165, 1.54) is 19.3 Å². The molecule has 0 aliphatic heterocycles. The van der Waals surface area contributed by atoms with E-state index in [2.05, 4.69) is 10.5 Å². The Balaban J connectivity index is 1.81. The van der Waals surface area contributed by atoms with Crippen LogP contribution in [0.5, 0.6) is 0 Å². The number of nitrogens with one attached hydrogen (secondary N) is 1. The third-order valence-corrected chi connectivity index (χ3v) is 3.41. The highest BCUT2D eigenvalue weighted by Gasteiger charge is 2.24. The molecule has 5 nitrogen and oxygen atoms in total. The molecule has 0 bridgehead atoms. The molecule has 0 aromatic carbocycles. The van der Waals surface area contributed by atoms with Gasteiger partial charge in [0, 0.05) is 19.2 Å². The van der Waals surface area contributed by atoms with Crippen molar-refractivity contribution in [1.82, 2.24) is 10.5 Å². The Kier molecular flexibility index (Phi) is 5.16. The van der Waals surface area contributed by atoms with E-state index in [0.29, 0.717) is 19.3 Å². The minimum atomic E-state index is 0.284. The number of methoxy groups -OCH3 is 1. The number of nitrogens with zero attached hydrogens (tertiary/aromatic N) is 1. The zero-order chi connectivity index (χ0) is 12.8. The van der Waals surface area contributed by atoms with Crippen molar-refractivity contribution in [2.45, 2.75) is 51.0 Å². The molecule has 1 fully saturated rings. The summed E-state index contributed by atoms with van der Waals surface area (Å²) in [6.45, 7) is 0.964. The fraction of sp³-hybridized carbons (Fsp3) is 0.769. The molecule has 2 unspecified atom stereocenters. The Bertz CT molecular complexity index is 354. The highest BCUT2D eigenvalue weighted by atomic mass is 16.5. The normalized spacial score (nSPS) is 24.3. The molecule has 1 aliphatic carbocycles. The van der Waals surface area contributed by atoms with Gasteiger partial charge in [-0.3, -0.25) is 0 Å². The van der Waals surface area contributed by atoms with Gasteiger partial charge in [-0.1, -0.05) is 18.0 Å². The van der Waals surface area contributed by atoms with Crippen LogP contribution in [-0.4, -0.2) is 31.5 Å². The maximum absolute atomic E-state index is 5.94. The Morgan fingerprint density at radius 1 is 1.39 bits per heavy atom. The van der Waals surface area contributed by atoms with Crippen molar-refractivity contribution < 1.29 is 14.0 Å². The molecule has 0 saturated heterocycles. The SMILES string of the molecule is CNC1CCCCC1OCc1cc(COC)on1. The van der Waals surface area contributed by atoms with Crippen LogP contribution >= 0.6 is 0 Å². The van der Waals surface area contributed by atoms with E-state index in [1.54, 1.807) is 7.11 Å². The van der Waals surface area contributed by atoms with Gasteiger partial charge in [-0.2, -0.15) is 0 Å². The van der Waals surface area contributed by atoms with E-state index in [-0.39, 0.29) is 6.10 Å². The molecule has 0 radical (unpaired) electrons. The van der Waals surface area contributed by atoms with Gasteiger partial charge < -0.3 is 19.3 Å². The number of hydrogen-bond acceptors (Lipinski definition) is 5. The molecule has 2 atom stereocenters. The van der Waals surface area contributed by atoms with Crippen LogP contribution < -0.4 is 5.32 Å². The van der Waals surface area contributed by atoms with Crippen molar-refractivity contribution in [1.29, 1.82) is 0 Å². The van der Waals surface area contributed by atoms with Gasteiger partial charge >= 0.3 is 0 Å². The molecule has 1 saturated carbocycles. The van der Waals surface area contributed by atoms with Crippen LogP contribution in [0.3, 0.4) is 0 Å². The zero-order valence-corrected chi connectivity index (χ0v) is 11.1. The fourth-order valence-corrected chi connectivity index (χ4v) is 2.45. The third-order valence-electron chi connectivity index (χ3n) is 3.41. The topological polar surface area (TPSA) is 56.5 Å². The second kappa shape index (κ2) is 6.87. The van der Waals surface area contributed by atoms with Crippen molar-refractivity contribution in [3.8, 4) is 0 Å². The molecule has 0 amide bonds. The van der Waals surface area contributed by atoms with Crippen LogP contribution in [0.4, 0.5) is 0 Å². The van der Waals surface area contributed by atoms with E-state index in [0.717, 1.165) is 17.9 Å². The maximum atomic E-state index is 5.94. The summed E-state index contributed by atoms with van der Waals surface area (Å²) in [7, 11) is 3.64. The Morgan fingerprint density at radius 2 is 2.22 bits per heavy atom. The van der Waals surface area contributed by atoms with Gasteiger partial charge in [0.15, 0.2) is 5.76 Å². The predicted molar refractivity (Wildman–Crippen MR) is 67.1 cm³/mol. The quantitative estimate of drug-likeness (QED) is 0.840. The van der Waals surface area contributed by atoms with Crippen LogP contribution in [0.2, 0.25) is 0 Å². The predicted octanol–water partition coefficient (Wildman–Crippen LogP) is 1.87. The van der Waals surface area contributed by atoms with Crippen LogP contribution in [0.15, 0.2) is 10.6 Å². The van der Waals surface area contributed by atoms with Crippen molar-refractivity contribution >= 4 is 0 Å². The minimum absolute atomic E-state index is 0.284. The van der Waals surface area contributed by atoms with E-state index < -0.39 is 0 Å². The van der Waals surface area contributed by atoms with Crippen molar-refractivity contribution in [2.75, 3.05) is 14.2 Å². The van der Waals surface area contributed by atoms with Gasteiger partial charge in [-0.25, -0.2) is 0 Å². The average molecular weight is 254 g/mol. The maximum Gasteiger partial charge on any atom is 0.162 e. The van der Waals surface area contributed by atoms with E-state index in [4.69, 9.17) is 14.0 Å². The molecule has 2 rings (SSSR count). The van der Waals surface area contributed by atoms with E-state index in [9.17, 15) is 0 Å². The van der Waals surface area contributed by atoms with Crippen molar-refractivity contribution in [3.05, 3.63) is 17.5 Å². The van der Waals surface area contributed by atoms with Gasteiger partial charge in [-0.15, -0.1) is 0 Å². The molecule has 5 heteroatoms. The minimum Gasteiger partial charge on any atom is -0.377 e. The standard InChI is InChI=1S/C13H22N2O3/c1-14-12-5-3-4-6-13(12)17-8-10-7-11(9-16-2)18-15-10/h7,12-14H,3-6,8-9H2,1-2H3. The Hall–Kier alpha value is -0.910. The highest BCUT2D eigenvalue weighted by Crippen LogP contribution is 2.22. The lowest BCUT2D eigenvalue weighted by Gasteiger charge is -2.30. The first kappa shape index (κ1) is 13.5. The van der Waals surface area contributed by atoms with Gasteiger partial charge in [0.05, 0.1) is 12.7 Å². The van der Waals surface area contributed by atoms with Crippen molar-refractivity contribution in [2.24, 2.45) is 0 Å². The van der Waals surface area contributed by atoms with Gasteiger partial charge in [0.25, 0.3) is 0 Å². The summed E-state index contributed by atoms with van der Waals surface area (Å²) in [5, 5.41) is 7.30. The number of ether oxygens (including phenoxy) is 2. The van der Waals surface area contributed by atoms with Gasteiger partial charge in [-0.05, 0) is 19.9 Å². The summed E-state index contributed by atoms with van der Waals surface area (Å²) in [4.78, 5) is 0. The average Bonchev–Trinajstić information content (AvgIpc) is 2.85. The van der Waals surface area contributed by atoms with Gasteiger partial charge in [0.2, 0.25) is 0 Å². The molecule has 1 heterocycles. The van der Waals surface area contributed by atoms with E-state index >= 15 is 0 Å². The molecule has 0 spiro atoms. The lowest BCUT2D eigenvalue weighted by molar-refractivity contribution is -0.00592. The fourth-order valence-electron chi connectivity index (χ4n) is 2.45. The van der Waals surface area contributed by atoms with Crippen LogP contribution in [-0.2, 0) is 22.7 Å². The first-order valence-electron chi connectivity index (χ1n) is 6.55. The van der Waals surface area contributed by atoms with Crippen molar-refractivity contribution in [3.63, 3.8) is 0 Å². The second-order valence-electron chi connectivity index (χ2n) is 4.75. The Labute approximate surface area is 108 Å². The summed E-state index contributed by atoms with van der Waals surface area (Å²) >= 11 is 0. The highest BCUT2D eigenvalue weighted by molar-refractivity contribution is 5.03. The first-order chi connectivity index (χ1) is 8.83. The summed E-state index contributed by atoms with van der Waals surface area (Å²) in [6.07, 6.45) is 5.12. The monoisotopic (exact) mass is 254 g/mol. The van der Waals surface area contributed by atoms with E-state index in [1.807, 2.05) is 13.1 Å². The molecule has 102 valence electrons. The molecule has 1 aromatic heterocycles. The summed E-state index contributed by atoms with van der Waals surface area (Å²) in [5.74, 6) is 0.741. The lowest BCUT2D eigenvalue weighted by Crippen LogP contribution is -2.41. The summed E-state index contributed by atoms with van der Waals surface area (Å²) in [6, 6.07) is 2.35. The first-order valence-corrected chi connectivity index (χ1v) is 6.55. The molecular formula is C13H22N2O3. The number of aromatic nitrogens is 1. The molecule has 1 aromatic rings. The van der Waals surface area contributed by atoms with Crippen LogP contribution in [0.1, 0.15) is 37.1 Å². The lowest BCUT2D eigenvalue weighted by atomic mass is 9.92. The molecule has 1 N–H and O–H groups in total. The molecular weight excluding hydrogens is 232 g/mol. The zero-order valence-electron chi connectivity index (χ0n) is 11.1. The number of hydrogen-bond donors (Lipinski definition) is 1. The molecule has 18 heavy (non-hydrogen) atoms. The summed E-state index contributed by atoms with van der Waals surface area (Å²) in [5.41, 5.74) is 0.836. The number of rotatable bonds is 6. The van der Waals surface area contributed by atoms with Gasteiger partial charge in [0.1, 0.15) is 12.3 Å². The second-order valence-corrected chi connectivity index (χ2v) is 4.75. The summed E-state index contributed by atoms with van der Waals surface area (Å²) < 4.78 is 16.1. The Morgan fingerprint density at radius 3 is 3.00 bits per heavy atom. The van der Waals surface area contributed by atoms with Crippen LogP contribution in [0, 0.1) is 0 Å². The number of likely N-dealkylation sites (N-methyl/N-ethyl adjacent to an activating group) is 1. The smallest absolute Gasteiger partial charge is 0.162 e. The molecule has 1 aliphatic rings.